The normalized spacial score (nSPS) is 12.2. The highest BCUT2D eigenvalue weighted by Gasteiger charge is 2.08. The summed E-state index contributed by atoms with van der Waals surface area (Å²) in [6.45, 7) is 6.09. The summed E-state index contributed by atoms with van der Waals surface area (Å²) in [5.41, 5.74) is 9.25. The fourth-order valence-electron chi connectivity index (χ4n) is 2.08. The van der Waals surface area contributed by atoms with Crippen LogP contribution in [0, 0.1) is 13.8 Å². The van der Waals surface area contributed by atoms with E-state index in [1.807, 2.05) is 44.2 Å². The van der Waals surface area contributed by atoms with Crippen LogP contribution >= 0.6 is 11.6 Å². The van der Waals surface area contributed by atoms with Crippen molar-refractivity contribution in [3.8, 4) is 11.5 Å². The molecule has 0 saturated heterocycles. The van der Waals surface area contributed by atoms with Crippen LogP contribution < -0.4 is 10.5 Å². The van der Waals surface area contributed by atoms with Crippen molar-refractivity contribution < 1.29 is 4.74 Å². The monoisotopic (exact) mass is 289 g/mol. The van der Waals surface area contributed by atoms with Crippen molar-refractivity contribution in [3.63, 3.8) is 0 Å². The Bertz CT molecular complexity index is 608. The predicted molar refractivity (Wildman–Crippen MR) is 84.8 cm³/mol. The summed E-state index contributed by atoms with van der Waals surface area (Å²) in [5, 5.41) is 0.615. The highest BCUT2D eigenvalue weighted by Crippen LogP contribution is 2.32. The van der Waals surface area contributed by atoms with Crippen molar-refractivity contribution in [1.82, 2.24) is 0 Å². The van der Waals surface area contributed by atoms with E-state index in [4.69, 9.17) is 22.1 Å². The Morgan fingerprint density at radius 1 is 1.15 bits per heavy atom. The molecular weight excluding hydrogens is 270 g/mol. The van der Waals surface area contributed by atoms with Gasteiger partial charge in [-0.2, -0.15) is 0 Å². The minimum atomic E-state index is 0.122. The molecule has 0 fully saturated rings. The van der Waals surface area contributed by atoms with E-state index in [1.54, 1.807) is 0 Å². The molecular formula is C17H20ClNO. The third kappa shape index (κ3) is 3.53. The lowest BCUT2D eigenvalue weighted by Crippen LogP contribution is -2.17. The zero-order valence-electron chi connectivity index (χ0n) is 12.1. The van der Waals surface area contributed by atoms with Gasteiger partial charge in [0.15, 0.2) is 0 Å². The Morgan fingerprint density at radius 3 is 2.55 bits per heavy atom. The first-order chi connectivity index (χ1) is 9.47. The molecule has 1 atom stereocenters. The summed E-state index contributed by atoms with van der Waals surface area (Å²) in [7, 11) is 0. The van der Waals surface area contributed by atoms with Crippen LogP contribution in [0.3, 0.4) is 0 Å². The minimum Gasteiger partial charge on any atom is -0.456 e. The predicted octanol–water partition coefficient (Wildman–Crippen LogP) is 4.64. The van der Waals surface area contributed by atoms with Gasteiger partial charge in [-0.25, -0.2) is 0 Å². The number of halogens is 1. The van der Waals surface area contributed by atoms with Crippen molar-refractivity contribution in [3.05, 3.63) is 58.1 Å². The first-order valence-corrected chi connectivity index (χ1v) is 7.13. The quantitative estimate of drug-likeness (QED) is 0.890. The lowest BCUT2D eigenvalue weighted by Gasteiger charge is -2.13. The summed E-state index contributed by atoms with van der Waals surface area (Å²) in [6, 6.07) is 12.0. The zero-order valence-corrected chi connectivity index (χ0v) is 12.9. The van der Waals surface area contributed by atoms with Gasteiger partial charge in [-0.15, -0.1) is 0 Å². The number of benzene rings is 2. The van der Waals surface area contributed by atoms with Gasteiger partial charge in [0.05, 0.1) is 5.02 Å². The van der Waals surface area contributed by atoms with E-state index in [9.17, 15) is 0 Å². The number of hydrogen-bond acceptors (Lipinski definition) is 2. The summed E-state index contributed by atoms with van der Waals surface area (Å²) in [6.07, 6.45) is 0.809. The third-order valence-corrected chi connectivity index (χ3v) is 3.62. The van der Waals surface area contributed by atoms with Crippen molar-refractivity contribution in [2.75, 3.05) is 0 Å². The van der Waals surface area contributed by atoms with Crippen molar-refractivity contribution >= 4 is 11.6 Å². The maximum absolute atomic E-state index is 6.29. The van der Waals surface area contributed by atoms with Crippen LogP contribution in [-0.4, -0.2) is 6.04 Å². The van der Waals surface area contributed by atoms with E-state index >= 15 is 0 Å². The molecule has 1 unspecified atom stereocenters. The largest absolute Gasteiger partial charge is 0.456 e. The van der Waals surface area contributed by atoms with Crippen molar-refractivity contribution in [2.45, 2.75) is 33.2 Å². The second kappa shape index (κ2) is 6.29. The minimum absolute atomic E-state index is 0.122. The molecule has 2 N–H and O–H groups in total. The average Bonchev–Trinajstić information content (AvgIpc) is 2.37. The third-order valence-electron chi connectivity index (χ3n) is 3.33. The Labute approximate surface area is 125 Å². The molecule has 0 amide bonds. The molecule has 2 nitrogen and oxygen atoms in total. The van der Waals surface area contributed by atoms with Crippen LogP contribution in [0.2, 0.25) is 5.02 Å². The summed E-state index contributed by atoms with van der Waals surface area (Å²) in [4.78, 5) is 0. The van der Waals surface area contributed by atoms with E-state index < -0.39 is 0 Å². The van der Waals surface area contributed by atoms with Gasteiger partial charge in [-0.1, -0.05) is 29.8 Å². The van der Waals surface area contributed by atoms with Crippen LogP contribution in [0.25, 0.3) is 0 Å². The SMILES string of the molecule is Cc1cccc(Oc2ccc(CC(C)N)cc2Cl)c1C. The molecule has 20 heavy (non-hydrogen) atoms. The van der Waals surface area contributed by atoms with Gasteiger partial charge in [-0.05, 0) is 62.1 Å². The van der Waals surface area contributed by atoms with E-state index in [0.717, 1.165) is 23.3 Å². The highest BCUT2D eigenvalue weighted by atomic mass is 35.5. The first-order valence-electron chi connectivity index (χ1n) is 6.75. The molecule has 2 rings (SSSR count). The number of hydrogen-bond donors (Lipinski definition) is 1. The summed E-state index contributed by atoms with van der Waals surface area (Å²) < 4.78 is 5.92. The first kappa shape index (κ1) is 14.9. The highest BCUT2D eigenvalue weighted by molar-refractivity contribution is 6.32. The van der Waals surface area contributed by atoms with Crippen molar-refractivity contribution in [1.29, 1.82) is 0 Å². The second-order valence-corrected chi connectivity index (χ2v) is 5.65. The molecule has 0 heterocycles. The molecule has 0 aromatic heterocycles. The Balaban J connectivity index is 2.24. The van der Waals surface area contributed by atoms with E-state index in [1.165, 1.54) is 5.56 Å². The smallest absolute Gasteiger partial charge is 0.146 e. The van der Waals surface area contributed by atoms with Gasteiger partial charge in [-0.3, -0.25) is 0 Å². The molecule has 0 aliphatic carbocycles. The second-order valence-electron chi connectivity index (χ2n) is 5.25. The van der Waals surface area contributed by atoms with Crippen molar-refractivity contribution in [2.24, 2.45) is 5.73 Å². The topological polar surface area (TPSA) is 35.2 Å². The number of rotatable bonds is 4. The van der Waals surface area contributed by atoms with Gasteiger partial charge < -0.3 is 10.5 Å². The Morgan fingerprint density at radius 2 is 1.90 bits per heavy atom. The Hall–Kier alpha value is -1.51. The fourth-order valence-corrected chi connectivity index (χ4v) is 2.32. The molecule has 106 valence electrons. The maximum Gasteiger partial charge on any atom is 0.146 e. The van der Waals surface area contributed by atoms with E-state index in [0.29, 0.717) is 10.8 Å². The number of ether oxygens (including phenoxy) is 1. The Kier molecular flexibility index (Phi) is 4.69. The van der Waals surface area contributed by atoms with Crippen LogP contribution in [0.15, 0.2) is 36.4 Å². The van der Waals surface area contributed by atoms with Gasteiger partial charge in [0, 0.05) is 6.04 Å². The lowest BCUT2D eigenvalue weighted by atomic mass is 10.1. The van der Waals surface area contributed by atoms with E-state index in [2.05, 4.69) is 13.0 Å². The van der Waals surface area contributed by atoms with Crippen LogP contribution in [0.4, 0.5) is 0 Å². The molecule has 0 saturated carbocycles. The average molecular weight is 290 g/mol. The fraction of sp³-hybridized carbons (Fsp3) is 0.294. The number of nitrogens with two attached hydrogens (primary N) is 1. The van der Waals surface area contributed by atoms with Gasteiger partial charge >= 0.3 is 0 Å². The molecule has 3 heteroatoms. The zero-order chi connectivity index (χ0) is 14.7. The molecule has 0 aliphatic rings. The molecule has 0 aliphatic heterocycles. The molecule has 0 spiro atoms. The van der Waals surface area contributed by atoms with Crippen LogP contribution in [0.5, 0.6) is 11.5 Å². The van der Waals surface area contributed by atoms with E-state index in [-0.39, 0.29) is 6.04 Å². The number of aryl methyl sites for hydroxylation is 1. The summed E-state index contributed by atoms with van der Waals surface area (Å²) in [5.74, 6) is 1.51. The molecule has 2 aromatic carbocycles. The molecule has 0 bridgehead atoms. The summed E-state index contributed by atoms with van der Waals surface area (Å²) >= 11 is 6.29. The molecule has 0 radical (unpaired) electrons. The van der Waals surface area contributed by atoms with Crippen LogP contribution in [-0.2, 0) is 6.42 Å². The van der Waals surface area contributed by atoms with Gasteiger partial charge in [0.1, 0.15) is 11.5 Å². The van der Waals surface area contributed by atoms with Gasteiger partial charge in [0.25, 0.3) is 0 Å². The van der Waals surface area contributed by atoms with Crippen LogP contribution in [0.1, 0.15) is 23.6 Å². The molecule has 2 aromatic rings. The van der Waals surface area contributed by atoms with Gasteiger partial charge in [0.2, 0.25) is 0 Å². The standard InChI is InChI=1S/C17H20ClNO/c1-11-5-4-6-16(13(11)3)20-17-8-7-14(9-12(2)19)10-15(17)18/h4-8,10,12H,9,19H2,1-3H3. The lowest BCUT2D eigenvalue weighted by molar-refractivity contribution is 0.478. The maximum atomic E-state index is 6.29.